The number of aromatic nitrogens is 1. The summed E-state index contributed by atoms with van der Waals surface area (Å²) in [5, 5.41) is 29.1. The van der Waals surface area contributed by atoms with Gasteiger partial charge < -0.3 is 26.0 Å². The number of hydrogen-bond acceptors (Lipinski definition) is 4. The number of H-pyrrole nitrogens is 1. The number of carbonyl (C=O) groups is 2. The lowest BCUT2D eigenvalue weighted by Gasteiger charge is -2.24. The normalized spacial score (nSPS) is 15.5. The van der Waals surface area contributed by atoms with Crippen LogP contribution < -0.4 is 5.73 Å². The van der Waals surface area contributed by atoms with Crippen molar-refractivity contribution in [2.24, 2.45) is 5.73 Å². The van der Waals surface area contributed by atoms with Crippen LogP contribution in [-0.4, -0.2) is 43.9 Å². The molecule has 0 radical (unpaired) electrons. The number of aliphatic hydroxyl groups is 1. The van der Waals surface area contributed by atoms with Crippen LogP contribution in [0.4, 0.5) is 0 Å². The van der Waals surface area contributed by atoms with Gasteiger partial charge in [0.1, 0.15) is 6.04 Å². The van der Waals surface area contributed by atoms with Crippen molar-refractivity contribution in [2.45, 2.75) is 24.5 Å². The fourth-order valence-electron chi connectivity index (χ4n) is 2.28. The third-order valence-corrected chi connectivity index (χ3v) is 3.43. The van der Waals surface area contributed by atoms with Crippen molar-refractivity contribution in [1.82, 2.24) is 4.98 Å². The van der Waals surface area contributed by atoms with E-state index >= 15 is 0 Å². The molecule has 0 saturated heterocycles. The fourth-order valence-corrected chi connectivity index (χ4v) is 2.28. The molecule has 0 bridgehead atoms. The molecule has 21 heavy (non-hydrogen) atoms. The van der Waals surface area contributed by atoms with E-state index in [0.29, 0.717) is 5.56 Å². The van der Waals surface area contributed by atoms with E-state index in [9.17, 15) is 19.8 Å². The zero-order valence-electron chi connectivity index (χ0n) is 11.1. The van der Waals surface area contributed by atoms with Crippen molar-refractivity contribution in [3.8, 4) is 0 Å². The first-order valence-electron chi connectivity index (χ1n) is 6.32. The maximum atomic E-state index is 11.3. The minimum atomic E-state index is -2.23. The largest absolute Gasteiger partial charge is 0.480 e. The summed E-state index contributed by atoms with van der Waals surface area (Å²) in [7, 11) is 0. The predicted octanol–water partition coefficient (Wildman–Crippen LogP) is 0.328. The lowest BCUT2D eigenvalue weighted by atomic mass is 9.88. The SMILES string of the molecule is NC(C[C@](O)(Cc1c[nH]c2ccccc12)C(=O)O)C(=O)O. The molecule has 7 nitrogen and oxygen atoms in total. The number of hydrogen-bond donors (Lipinski definition) is 5. The minimum Gasteiger partial charge on any atom is -0.480 e. The van der Waals surface area contributed by atoms with E-state index in [0.717, 1.165) is 10.9 Å². The second kappa shape index (κ2) is 5.55. The molecular weight excluding hydrogens is 276 g/mol. The highest BCUT2D eigenvalue weighted by molar-refractivity contribution is 5.85. The molecule has 6 N–H and O–H groups in total. The molecule has 2 atom stereocenters. The molecule has 0 amide bonds. The van der Waals surface area contributed by atoms with Gasteiger partial charge in [0.2, 0.25) is 0 Å². The average molecular weight is 292 g/mol. The quantitative estimate of drug-likeness (QED) is 0.520. The average Bonchev–Trinajstić information content (AvgIpc) is 2.81. The van der Waals surface area contributed by atoms with Gasteiger partial charge >= 0.3 is 11.9 Å². The summed E-state index contributed by atoms with van der Waals surface area (Å²) >= 11 is 0. The third kappa shape index (κ3) is 3.04. The van der Waals surface area contributed by atoms with E-state index in [1.807, 2.05) is 12.1 Å². The Morgan fingerprint density at radius 3 is 2.57 bits per heavy atom. The van der Waals surface area contributed by atoms with E-state index in [4.69, 9.17) is 10.8 Å². The zero-order chi connectivity index (χ0) is 15.6. The Kier molecular flexibility index (Phi) is 3.97. The molecule has 0 aliphatic heterocycles. The Morgan fingerprint density at radius 2 is 1.95 bits per heavy atom. The summed E-state index contributed by atoms with van der Waals surface area (Å²) in [6.07, 6.45) is 0.801. The Morgan fingerprint density at radius 1 is 1.29 bits per heavy atom. The van der Waals surface area contributed by atoms with Crippen LogP contribution in [-0.2, 0) is 16.0 Å². The molecule has 0 aliphatic rings. The summed E-state index contributed by atoms with van der Waals surface area (Å²) < 4.78 is 0. The lowest BCUT2D eigenvalue weighted by molar-refractivity contribution is -0.160. The maximum absolute atomic E-state index is 11.3. The van der Waals surface area contributed by atoms with Gasteiger partial charge in [-0.15, -0.1) is 0 Å². The van der Waals surface area contributed by atoms with Crippen molar-refractivity contribution in [3.05, 3.63) is 36.0 Å². The van der Waals surface area contributed by atoms with Crippen LogP contribution in [0.15, 0.2) is 30.5 Å². The van der Waals surface area contributed by atoms with E-state index in [-0.39, 0.29) is 6.42 Å². The molecule has 0 saturated carbocycles. The van der Waals surface area contributed by atoms with Crippen LogP contribution in [0.25, 0.3) is 10.9 Å². The minimum absolute atomic E-state index is 0.229. The number of para-hydroxylation sites is 1. The van der Waals surface area contributed by atoms with Gasteiger partial charge in [0, 0.05) is 29.9 Å². The summed E-state index contributed by atoms with van der Waals surface area (Å²) in [6, 6.07) is 5.79. The number of rotatable bonds is 6. The first-order chi connectivity index (χ1) is 9.83. The number of nitrogens with one attached hydrogen (secondary N) is 1. The number of aliphatic carboxylic acids is 2. The Balaban J connectivity index is 2.31. The van der Waals surface area contributed by atoms with Crippen molar-refractivity contribution >= 4 is 22.8 Å². The number of benzene rings is 1. The molecule has 7 heteroatoms. The second-order valence-electron chi connectivity index (χ2n) is 5.02. The third-order valence-electron chi connectivity index (χ3n) is 3.43. The van der Waals surface area contributed by atoms with Gasteiger partial charge in [0.25, 0.3) is 0 Å². The molecule has 1 heterocycles. The number of carboxylic acid groups (broad SMARTS) is 2. The molecule has 0 aliphatic carbocycles. The highest BCUT2D eigenvalue weighted by atomic mass is 16.4. The van der Waals surface area contributed by atoms with Gasteiger partial charge in [-0.05, 0) is 11.6 Å². The molecule has 112 valence electrons. The summed E-state index contributed by atoms with van der Waals surface area (Å²) in [5.74, 6) is -2.85. The number of nitrogens with two attached hydrogens (primary N) is 1. The van der Waals surface area contributed by atoms with E-state index in [1.165, 1.54) is 0 Å². The summed E-state index contributed by atoms with van der Waals surface area (Å²) in [6.45, 7) is 0. The van der Waals surface area contributed by atoms with Crippen molar-refractivity contribution < 1.29 is 24.9 Å². The fraction of sp³-hybridized carbons (Fsp3) is 0.286. The van der Waals surface area contributed by atoms with Crippen LogP contribution >= 0.6 is 0 Å². The Hall–Kier alpha value is -2.38. The zero-order valence-corrected chi connectivity index (χ0v) is 11.1. The number of aromatic amines is 1. The maximum Gasteiger partial charge on any atom is 0.336 e. The van der Waals surface area contributed by atoms with Gasteiger partial charge in [-0.25, -0.2) is 4.79 Å². The van der Waals surface area contributed by atoms with Gasteiger partial charge in [0.15, 0.2) is 5.60 Å². The molecule has 1 aromatic carbocycles. The van der Waals surface area contributed by atoms with Crippen molar-refractivity contribution in [1.29, 1.82) is 0 Å². The highest BCUT2D eigenvalue weighted by Crippen LogP contribution is 2.25. The van der Waals surface area contributed by atoms with Crippen LogP contribution in [0.1, 0.15) is 12.0 Å². The van der Waals surface area contributed by atoms with E-state index < -0.39 is 30.0 Å². The highest BCUT2D eigenvalue weighted by Gasteiger charge is 2.40. The van der Waals surface area contributed by atoms with E-state index in [1.54, 1.807) is 18.3 Å². The van der Waals surface area contributed by atoms with Gasteiger partial charge in [-0.2, -0.15) is 0 Å². The topological polar surface area (TPSA) is 137 Å². The summed E-state index contributed by atoms with van der Waals surface area (Å²) in [4.78, 5) is 25.1. The second-order valence-corrected chi connectivity index (χ2v) is 5.02. The van der Waals surface area contributed by atoms with Gasteiger partial charge in [0.05, 0.1) is 0 Å². The monoisotopic (exact) mass is 292 g/mol. The molecule has 0 spiro atoms. The lowest BCUT2D eigenvalue weighted by Crippen LogP contribution is -2.48. The Bertz CT molecular complexity index is 681. The molecule has 1 unspecified atom stereocenters. The standard InChI is InChI=1S/C14H16N2O5/c15-10(12(17)18)6-14(21,13(19)20)5-8-7-16-11-4-2-1-3-9(8)11/h1-4,7,10,16,21H,5-6,15H2,(H,17,18)(H,19,20)/t10?,14-/m1/s1. The number of carboxylic acids is 2. The van der Waals surface area contributed by atoms with E-state index in [2.05, 4.69) is 4.98 Å². The first kappa shape index (κ1) is 15.0. The summed E-state index contributed by atoms with van der Waals surface area (Å²) in [5.41, 5.74) is 4.52. The smallest absolute Gasteiger partial charge is 0.336 e. The molecule has 2 aromatic rings. The molecule has 2 rings (SSSR count). The van der Waals surface area contributed by atoms with Crippen LogP contribution in [0, 0.1) is 0 Å². The van der Waals surface area contributed by atoms with Crippen molar-refractivity contribution in [2.75, 3.05) is 0 Å². The van der Waals surface area contributed by atoms with Crippen LogP contribution in [0.5, 0.6) is 0 Å². The first-order valence-corrected chi connectivity index (χ1v) is 6.32. The van der Waals surface area contributed by atoms with Crippen molar-refractivity contribution in [3.63, 3.8) is 0 Å². The molecular formula is C14H16N2O5. The number of fused-ring (bicyclic) bond motifs is 1. The van der Waals surface area contributed by atoms with Crippen LogP contribution in [0.2, 0.25) is 0 Å². The molecule has 1 aromatic heterocycles. The molecule has 0 fully saturated rings. The predicted molar refractivity (Wildman–Crippen MR) is 74.8 cm³/mol. The van der Waals surface area contributed by atoms with Gasteiger partial charge in [-0.1, -0.05) is 18.2 Å². The Labute approximate surface area is 120 Å². The van der Waals surface area contributed by atoms with Gasteiger partial charge in [-0.3, -0.25) is 4.79 Å². The van der Waals surface area contributed by atoms with Crippen LogP contribution in [0.3, 0.4) is 0 Å².